The Bertz CT molecular complexity index is 575. The predicted octanol–water partition coefficient (Wildman–Crippen LogP) is 4.97. The first-order valence-electron chi connectivity index (χ1n) is 4.93. The molecule has 1 radical (unpaired) electrons. The summed E-state index contributed by atoms with van der Waals surface area (Å²) in [4.78, 5) is 0. The lowest BCUT2D eigenvalue weighted by atomic mass is 9.99. The highest BCUT2D eigenvalue weighted by Crippen LogP contribution is 2.38. The van der Waals surface area contributed by atoms with Gasteiger partial charge >= 0.3 is 6.18 Å². The van der Waals surface area contributed by atoms with Crippen molar-refractivity contribution >= 4 is 11.6 Å². The topological polar surface area (TPSA) is 0 Å². The molecular formula is C13H6ClF4. The molecule has 0 aliphatic carbocycles. The van der Waals surface area contributed by atoms with Gasteiger partial charge in [-0.2, -0.15) is 13.2 Å². The molecule has 0 saturated heterocycles. The molecule has 0 N–H and O–H groups in total. The molecule has 0 spiro atoms. The standard InChI is InChI=1S/C13H6ClF4/c14-11-7-3-5-9(12(11)15)8-4-1-2-6-10(8)13(16,17)18/h1-5,7H. The van der Waals surface area contributed by atoms with Crippen LogP contribution in [0, 0.1) is 11.9 Å². The van der Waals surface area contributed by atoms with Crippen LogP contribution in [0.5, 0.6) is 0 Å². The molecule has 0 atom stereocenters. The molecular weight excluding hydrogens is 268 g/mol. The maximum Gasteiger partial charge on any atom is 0.417 e. The molecule has 0 aliphatic rings. The second-order valence-electron chi connectivity index (χ2n) is 3.56. The molecule has 2 aromatic rings. The van der Waals surface area contributed by atoms with E-state index in [0.29, 0.717) is 0 Å². The number of hydrogen-bond acceptors (Lipinski definition) is 0. The molecule has 0 unspecified atom stereocenters. The van der Waals surface area contributed by atoms with Crippen molar-refractivity contribution in [3.8, 4) is 11.1 Å². The Morgan fingerprint density at radius 3 is 2.33 bits per heavy atom. The summed E-state index contributed by atoms with van der Waals surface area (Å²) in [6.45, 7) is 0. The van der Waals surface area contributed by atoms with E-state index < -0.39 is 17.6 Å². The minimum Gasteiger partial charge on any atom is -0.205 e. The zero-order valence-electron chi connectivity index (χ0n) is 8.85. The van der Waals surface area contributed by atoms with Crippen LogP contribution in [0.1, 0.15) is 5.56 Å². The van der Waals surface area contributed by atoms with Crippen LogP contribution in [0.4, 0.5) is 17.6 Å². The zero-order valence-corrected chi connectivity index (χ0v) is 9.61. The maximum atomic E-state index is 13.7. The Morgan fingerprint density at radius 1 is 1.00 bits per heavy atom. The quantitative estimate of drug-likeness (QED) is 0.644. The first kappa shape index (κ1) is 12.9. The van der Waals surface area contributed by atoms with Crippen LogP contribution in [0.3, 0.4) is 0 Å². The molecule has 18 heavy (non-hydrogen) atoms. The number of benzene rings is 2. The molecule has 0 heterocycles. The third kappa shape index (κ3) is 2.34. The highest BCUT2D eigenvalue weighted by Gasteiger charge is 2.34. The molecule has 0 nitrogen and oxygen atoms in total. The van der Waals surface area contributed by atoms with Crippen LogP contribution in [0.15, 0.2) is 36.4 Å². The number of alkyl halides is 3. The number of halogens is 5. The summed E-state index contributed by atoms with van der Waals surface area (Å²) in [5, 5.41) is -0.218. The lowest BCUT2D eigenvalue weighted by molar-refractivity contribution is -0.137. The molecule has 93 valence electrons. The summed E-state index contributed by atoms with van der Waals surface area (Å²) in [7, 11) is 0. The van der Waals surface area contributed by atoms with Crippen LogP contribution in [-0.2, 0) is 6.18 Å². The Labute approximate surface area is 106 Å². The van der Waals surface area contributed by atoms with E-state index in [9.17, 15) is 17.6 Å². The first-order valence-corrected chi connectivity index (χ1v) is 5.31. The number of rotatable bonds is 1. The van der Waals surface area contributed by atoms with Crippen molar-refractivity contribution in [2.24, 2.45) is 0 Å². The third-order valence-corrected chi connectivity index (χ3v) is 2.67. The van der Waals surface area contributed by atoms with Crippen molar-refractivity contribution < 1.29 is 17.6 Å². The highest BCUT2D eigenvalue weighted by molar-refractivity contribution is 6.31. The molecule has 0 aliphatic heterocycles. The monoisotopic (exact) mass is 273 g/mol. The highest BCUT2D eigenvalue weighted by atomic mass is 35.5. The lowest BCUT2D eigenvalue weighted by Gasteiger charge is -2.13. The van der Waals surface area contributed by atoms with E-state index in [-0.39, 0.29) is 16.1 Å². The van der Waals surface area contributed by atoms with Crippen LogP contribution < -0.4 is 0 Å². The van der Waals surface area contributed by atoms with Crippen molar-refractivity contribution in [3.63, 3.8) is 0 Å². The lowest BCUT2D eigenvalue weighted by Crippen LogP contribution is -2.07. The van der Waals surface area contributed by atoms with Crippen LogP contribution in [0.2, 0.25) is 5.02 Å². The molecule has 0 amide bonds. The summed E-state index contributed by atoms with van der Waals surface area (Å²) >= 11 is 5.56. The summed E-state index contributed by atoms with van der Waals surface area (Å²) < 4.78 is 52.1. The minimum atomic E-state index is -4.59. The fourth-order valence-electron chi connectivity index (χ4n) is 1.61. The molecule has 0 fully saturated rings. The van der Waals surface area contributed by atoms with E-state index in [1.807, 2.05) is 0 Å². The summed E-state index contributed by atoms with van der Waals surface area (Å²) in [6.07, 6.45) is -4.59. The van der Waals surface area contributed by atoms with Gasteiger partial charge in [0.15, 0.2) is 0 Å². The Hall–Kier alpha value is -1.55. The van der Waals surface area contributed by atoms with Gasteiger partial charge in [-0.15, -0.1) is 0 Å². The fourth-order valence-corrected chi connectivity index (χ4v) is 1.78. The second-order valence-corrected chi connectivity index (χ2v) is 3.97. The molecule has 5 heteroatoms. The second kappa shape index (κ2) is 4.61. The van der Waals surface area contributed by atoms with E-state index in [0.717, 1.165) is 6.07 Å². The average molecular weight is 274 g/mol. The van der Waals surface area contributed by atoms with E-state index in [4.69, 9.17) is 11.6 Å². The zero-order chi connectivity index (χ0) is 13.3. The number of hydrogen-bond donors (Lipinski definition) is 0. The van der Waals surface area contributed by atoms with Crippen molar-refractivity contribution in [2.75, 3.05) is 0 Å². The Balaban J connectivity index is 2.69. The maximum absolute atomic E-state index is 13.7. The fraction of sp³-hybridized carbons (Fsp3) is 0.0769. The van der Waals surface area contributed by atoms with Crippen molar-refractivity contribution in [3.05, 3.63) is 58.9 Å². The van der Waals surface area contributed by atoms with Crippen LogP contribution >= 0.6 is 11.6 Å². The summed E-state index contributed by atoms with van der Waals surface area (Å²) in [6, 6.07) is 9.70. The normalized spacial score (nSPS) is 11.6. The van der Waals surface area contributed by atoms with E-state index in [1.165, 1.54) is 30.3 Å². The van der Waals surface area contributed by atoms with Gasteiger partial charge in [0.25, 0.3) is 0 Å². The third-order valence-electron chi connectivity index (χ3n) is 2.38. The molecule has 2 rings (SSSR count). The minimum absolute atomic E-state index is 0.188. The summed E-state index contributed by atoms with van der Waals surface area (Å²) in [5.74, 6) is -0.871. The Morgan fingerprint density at radius 2 is 1.67 bits per heavy atom. The predicted molar refractivity (Wildman–Crippen MR) is 60.7 cm³/mol. The molecule has 0 saturated carbocycles. The smallest absolute Gasteiger partial charge is 0.205 e. The van der Waals surface area contributed by atoms with Crippen LogP contribution in [0.25, 0.3) is 11.1 Å². The summed E-state index contributed by atoms with van der Waals surface area (Å²) in [5.41, 5.74) is -1.47. The largest absolute Gasteiger partial charge is 0.417 e. The van der Waals surface area contributed by atoms with Gasteiger partial charge in [-0.05, 0) is 17.7 Å². The van der Waals surface area contributed by atoms with Crippen LogP contribution in [-0.4, -0.2) is 0 Å². The Kier molecular flexibility index (Phi) is 3.30. The van der Waals surface area contributed by atoms with Gasteiger partial charge in [0.05, 0.1) is 10.6 Å². The van der Waals surface area contributed by atoms with Gasteiger partial charge in [-0.1, -0.05) is 41.9 Å². The van der Waals surface area contributed by atoms with E-state index >= 15 is 0 Å². The first-order chi connectivity index (χ1) is 8.41. The average Bonchev–Trinajstić information content (AvgIpc) is 2.32. The van der Waals surface area contributed by atoms with Crippen molar-refractivity contribution in [1.29, 1.82) is 0 Å². The molecule has 2 aromatic carbocycles. The van der Waals surface area contributed by atoms with Gasteiger partial charge in [-0.25, -0.2) is 4.39 Å². The van der Waals surface area contributed by atoms with Gasteiger partial charge < -0.3 is 0 Å². The van der Waals surface area contributed by atoms with E-state index in [2.05, 4.69) is 6.07 Å². The van der Waals surface area contributed by atoms with Crippen molar-refractivity contribution in [2.45, 2.75) is 6.18 Å². The SMILES string of the molecule is Fc1c(Cl)cccc1-c1ccc[c]c1C(F)(F)F. The molecule has 0 bridgehead atoms. The van der Waals surface area contributed by atoms with Gasteiger partial charge in [0.1, 0.15) is 5.82 Å². The van der Waals surface area contributed by atoms with Gasteiger partial charge in [0, 0.05) is 5.56 Å². The van der Waals surface area contributed by atoms with Gasteiger partial charge in [-0.3, -0.25) is 0 Å². The van der Waals surface area contributed by atoms with Gasteiger partial charge in [0.2, 0.25) is 0 Å². The van der Waals surface area contributed by atoms with Crippen molar-refractivity contribution in [1.82, 2.24) is 0 Å². The molecule has 0 aromatic heterocycles. The van der Waals surface area contributed by atoms with E-state index in [1.54, 1.807) is 0 Å².